The van der Waals surface area contributed by atoms with Crippen LogP contribution in [0, 0.1) is 20.8 Å². The van der Waals surface area contributed by atoms with Gasteiger partial charge in [0.15, 0.2) is 11.7 Å². The predicted molar refractivity (Wildman–Crippen MR) is 104 cm³/mol. The van der Waals surface area contributed by atoms with E-state index in [2.05, 4.69) is 10.6 Å². The zero-order valence-electron chi connectivity index (χ0n) is 14.1. The second kappa shape index (κ2) is 8.18. The van der Waals surface area contributed by atoms with Gasteiger partial charge in [0.05, 0.1) is 5.69 Å². The normalized spacial score (nSPS) is 10.2. The standard InChI is InChI=1S/C18H19ClN2O3S/c1-10-7-15(16(22)8-11(10)2)20-18(25)21-17(23)9-24-13-4-5-14(19)12(3)6-13/h4-8,22H,9H2,1-3H3,(H2,20,21,23,25). The molecule has 25 heavy (non-hydrogen) atoms. The molecule has 2 aromatic carbocycles. The number of halogens is 1. The van der Waals surface area contributed by atoms with Gasteiger partial charge in [-0.3, -0.25) is 10.1 Å². The number of hydrogen-bond acceptors (Lipinski definition) is 4. The van der Waals surface area contributed by atoms with Crippen LogP contribution in [0.5, 0.6) is 11.5 Å². The third-order valence-electron chi connectivity index (χ3n) is 3.61. The Morgan fingerprint density at radius 3 is 2.52 bits per heavy atom. The summed E-state index contributed by atoms with van der Waals surface area (Å²) in [7, 11) is 0. The number of hydrogen-bond donors (Lipinski definition) is 3. The highest BCUT2D eigenvalue weighted by molar-refractivity contribution is 7.80. The molecule has 3 N–H and O–H groups in total. The predicted octanol–water partition coefficient (Wildman–Crippen LogP) is 3.86. The van der Waals surface area contributed by atoms with Gasteiger partial charge in [-0.05, 0) is 80.0 Å². The number of carbonyl (C=O) groups excluding carboxylic acids is 1. The number of carbonyl (C=O) groups is 1. The maximum atomic E-state index is 11.9. The molecule has 132 valence electrons. The molecule has 0 aliphatic rings. The van der Waals surface area contributed by atoms with Crippen LogP contribution < -0.4 is 15.4 Å². The molecule has 0 atom stereocenters. The van der Waals surface area contributed by atoms with Crippen LogP contribution in [0.2, 0.25) is 5.02 Å². The number of aromatic hydroxyl groups is 1. The Bertz CT molecular complexity index is 824. The first kappa shape index (κ1) is 19.0. The van der Waals surface area contributed by atoms with Crippen molar-refractivity contribution in [1.29, 1.82) is 0 Å². The second-order valence-corrected chi connectivity index (χ2v) is 6.47. The van der Waals surface area contributed by atoms with Gasteiger partial charge in [-0.25, -0.2) is 0 Å². The number of nitrogens with one attached hydrogen (secondary N) is 2. The molecule has 5 nitrogen and oxygen atoms in total. The van der Waals surface area contributed by atoms with Crippen LogP contribution in [0.15, 0.2) is 30.3 Å². The molecule has 1 amide bonds. The van der Waals surface area contributed by atoms with Crippen molar-refractivity contribution in [3.63, 3.8) is 0 Å². The van der Waals surface area contributed by atoms with Gasteiger partial charge in [0, 0.05) is 5.02 Å². The highest BCUT2D eigenvalue weighted by Gasteiger charge is 2.10. The van der Waals surface area contributed by atoms with Crippen molar-refractivity contribution in [1.82, 2.24) is 5.32 Å². The number of rotatable bonds is 4. The van der Waals surface area contributed by atoms with Crippen LogP contribution in [0.1, 0.15) is 16.7 Å². The first-order valence-electron chi connectivity index (χ1n) is 7.56. The molecule has 0 fully saturated rings. The zero-order chi connectivity index (χ0) is 18.6. The van der Waals surface area contributed by atoms with E-state index in [1.807, 2.05) is 20.8 Å². The maximum Gasteiger partial charge on any atom is 0.264 e. The summed E-state index contributed by atoms with van der Waals surface area (Å²) < 4.78 is 5.41. The van der Waals surface area contributed by atoms with Crippen LogP contribution in [-0.4, -0.2) is 22.7 Å². The van der Waals surface area contributed by atoms with E-state index in [4.69, 9.17) is 28.6 Å². The van der Waals surface area contributed by atoms with Crippen molar-refractivity contribution in [2.75, 3.05) is 11.9 Å². The Labute approximate surface area is 157 Å². The Hall–Kier alpha value is -2.31. The summed E-state index contributed by atoms with van der Waals surface area (Å²) in [5, 5.41) is 16.0. The number of phenolic OH excluding ortho intramolecular Hbond substituents is 1. The lowest BCUT2D eigenvalue weighted by Gasteiger charge is -2.13. The highest BCUT2D eigenvalue weighted by Crippen LogP contribution is 2.26. The summed E-state index contributed by atoms with van der Waals surface area (Å²) in [6.45, 7) is 5.48. The molecule has 0 saturated carbocycles. The van der Waals surface area contributed by atoms with Crippen LogP contribution in [0.3, 0.4) is 0 Å². The average molecular weight is 379 g/mol. The third kappa shape index (κ3) is 5.34. The molecule has 0 bridgehead atoms. The van der Waals surface area contributed by atoms with Gasteiger partial charge in [0.1, 0.15) is 11.5 Å². The molecule has 0 aliphatic heterocycles. The molecule has 0 aromatic heterocycles. The first-order valence-corrected chi connectivity index (χ1v) is 8.35. The van der Waals surface area contributed by atoms with Crippen LogP contribution >= 0.6 is 23.8 Å². The number of ether oxygens (including phenoxy) is 1. The summed E-state index contributed by atoms with van der Waals surface area (Å²) in [5.41, 5.74) is 3.25. The van der Waals surface area contributed by atoms with E-state index in [0.29, 0.717) is 16.5 Å². The summed E-state index contributed by atoms with van der Waals surface area (Å²) in [6, 6.07) is 8.54. The van der Waals surface area contributed by atoms with Gasteiger partial charge in [-0.1, -0.05) is 11.6 Å². The highest BCUT2D eigenvalue weighted by atomic mass is 35.5. The smallest absolute Gasteiger partial charge is 0.264 e. The summed E-state index contributed by atoms with van der Waals surface area (Å²) in [6.07, 6.45) is 0. The van der Waals surface area contributed by atoms with E-state index >= 15 is 0 Å². The molecule has 0 radical (unpaired) electrons. The number of anilines is 1. The summed E-state index contributed by atoms with van der Waals surface area (Å²) in [5.74, 6) is 0.198. The third-order valence-corrected chi connectivity index (χ3v) is 4.24. The fraction of sp³-hybridized carbons (Fsp3) is 0.222. The molecule has 0 spiro atoms. The number of phenols is 1. The average Bonchev–Trinajstić information content (AvgIpc) is 2.53. The van der Waals surface area contributed by atoms with Crippen molar-refractivity contribution in [3.8, 4) is 11.5 Å². The fourth-order valence-electron chi connectivity index (χ4n) is 2.07. The van der Waals surface area contributed by atoms with E-state index < -0.39 is 5.91 Å². The number of amides is 1. The van der Waals surface area contributed by atoms with E-state index in [1.165, 1.54) is 0 Å². The molecule has 0 saturated heterocycles. The van der Waals surface area contributed by atoms with Crippen molar-refractivity contribution in [2.45, 2.75) is 20.8 Å². The molecule has 2 rings (SSSR count). The summed E-state index contributed by atoms with van der Waals surface area (Å²) >= 11 is 11.0. The lowest BCUT2D eigenvalue weighted by molar-refractivity contribution is -0.121. The summed E-state index contributed by atoms with van der Waals surface area (Å²) in [4.78, 5) is 11.9. The number of aryl methyl sites for hydroxylation is 3. The van der Waals surface area contributed by atoms with Crippen molar-refractivity contribution in [2.24, 2.45) is 0 Å². The van der Waals surface area contributed by atoms with Crippen LogP contribution in [0.25, 0.3) is 0 Å². The van der Waals surface area contributed by atoms with Gasteiger partial charge in [-0.15, -0.1) is 0 Å². The quantitative estimate of drug-likeness (QED) is 0.556. The number of thiocarbonyl (C=S) groups is 1. The minimum Gasteiger partial charge on any atom is -0.506 e. The van der Waals surface area contributed by atoms with E-state index in [-0.39, 0.29) is 17.5 Å². The van der Waals surface area contributed by atoms with E-state index in [0.717, 1.165) is 16.7 Å². The Morgan fingerprint density at radius 1 is 1.16 bits per heavy atom. The van der Waals surface area contributed by atoms with Gasteiger partial charge in [-0.2, -0.15) is 0 Å². The van der Waals surface area contributed by atoms with Gasteiger partial charge >= 0.3 is 0 Å². The van der Waals surface area contributed by atoms with Gasteiger partial charge in [0.2, 0.25) is 0 Å². The number of benzene rings is 2. The van der Waals surface area contributed by atoms with E-state index in [1.54, 1.807) is 30.3 Å². The molecular formula is C18H19ClN2O3S. The Kier molecular flexibility index (Phi) is 6.22. The topological polar surface area (TPSA) is 70.6 Å². The largest absolute Gasteiger partial charge is 0.506 e. The monoisotopic (exact) mass is 378 g/mol. The molecule has 0 heterocycles. The van der Waals surface area contributed by atoms with Crippen molar-refractivity contribution < 1.29 is 14.6 Å². The minimum absolute atomic E-state index is 0.0626. The van der Waals surface area contributed by atoms with Crippen molar-refractivity contribution >= 4 is 40.5 Å². The van der Waals surface area contributed by atoms with Crippen LogP contribution in [-0.2, 0) is 4.79 Å². The Morgan fingerprint density at radius 2 is 1.84 bits per heavy atom. The fourth-order valence-corrected chi connectivity index (χ4v) is 2.41. The minimum atomic E-state index is -0.409. The molecular weight excluding hydrogens is 360 g/mol. The molecule has 0 unspecified atom stereocenters. The second-order valence-electron chi connectivity index (χ2n) is 5.66. The van der Waals surface area contributed by atoms with Crippen molar-refractivity contribution in [3.05, 3.63) is 52.0 Å². The zero-order valence-corrected chi connectivity index (χ0v) is 15.7. The van der Waals surface area contributed by atoms with Gasteiger partial charge in [0.25, 0.3) is 5.91 Å². The lowest BCUT2D eigenvalue weighted by Crippen LogP contribution is -2.37. The van der Waals surface area contributed by atoms with E-state index in [9.17, 15) is 9.90 Å². The van der Waals surface area contributed by atoms with Crippen LogP contribution in [0.4, 0.5) is 5.69 Å². The maximum absolute atomic E-state index is 11.9. The molecule has 7 heteroatoms. The first-order chi connectivity index (χ1) is 11.8. The SMILES string of the molecule is Cc1cc(O)c(NC(=S)NC(=O)COc2ccc(Cl)c(C)c2)cc1C. The Balaban J connectivity index is 1.89. The molecule has 2 aromatic rings. The van der Waals surface area contributed by atoms with Gasteiger partial charge < -0.3 is 15.2 Å². The molecule has 0 aliphatic carbocycles. The lowest BCUT2D eigenvalue weighted by atomic mass is 10.1.